The highest BCUT2D eigenvalue weighted by molar-refractivity contribution is 7.32. The third-order valence-corrected chi connectivity index (χ3v) is 0.828. The topological polar surface area (TPSA) is 63.6 Å². The zero-order chi connectivity index (χ0) is 6.57. The number of carbonyl (C=O) groups excluding carboxylic acids is 1. The first-order valence-corrected chi connectivity index (χ1v) is 3.16. The standard InChI is InChI=1S/C3H5O4P/c1-2-3(4)7-8(5)6/h2H2,1H3/p+1. The van der Waals surface area contributed by atoms with Gasteiger partial charge in [-0.1, -0.05) is 6.92 Å². The highest BCUT2D eigenvalue weighted by Gasteiger charge is 2.17. The lowest BCUT2D eigenvalue weighted by molar-refractivity contribution is -0.133. The van der Waals surface area contributed by atoms with Crippen molar-refractivity contribution in [1.82, 2.24) is 0 Å². The molecule has 0 aliphatic rings. The summed E-state index contributed by atoms with van der Waals surface area (Å²) >= 11 is 0. The SMILES string of the molecule is CCC(=O)O[P+](=O)O. The summed E-state index contributed by atoms with van der Waals surface area (Å²) in [7, 11) is -2.75. The van der Waals surface area contributed by atoms with Crippen molar-refractivity contribution in [3.63, 3.8) is 0 Å². The molecule has 0 aromatic heterocycles. The summed E-state index contributed by atoms with van der Waals surface area (Å²) in [6.07, 6.45) is 0.127. The Bertz CT molecular complexity index is 110. The van der Waals surface area contributed by atoms with E-state index in [1.807, 2.05) is 0 Å². The average Bonchev–Trinajstić information content (AvgIpc) is 1.65. The largest absolute Gasteiger partial charge is 0.750 e. The van der Waals surface area contributed by atoms with Gasteiger partial charge in [-0.15, -0.1) is 4.89 Å². The Morgan fingerprint density at radius 3 is 2.50 bits per heavy atom. The Balaban J connectivity index is 3.40. The van der Waals surface area contributed by atoms with Crippen LogP contribution in [0.2, 0.25) is 0 Å². The first-order valence-electron chi connectivity index (χ1n) is 2.03. The van der Waals surface area contributed by atoms with Gasteiger partial charge in [-0.25, -0.2) is 4.79 Å². The fourth-order valence-corrected chi connectivity index (χ4v) is 0.455. The summed E-state index contributed by atoms with van der Waals surface area (Å²) in [6, 6.07) is 0. The maximum atomic E-state index is 10.1. The molecular formula is C3H6O4P+. The van der Waals surface area contributed by atoms with Gasteiger partial charge >= 0.3 is 14.2 Å². The molecule has 0 aliphatic carbocycles. The van der Waals surface area contributed by atoms with Crippen molar-refractivity contribution < 1.29 is 18.8 Å². The Morgan fingerprint density at radius 2 is 2.38 bits per heavy atom. The molecule has 0 aliphatic heterocycles. The van der Waals surface area contributed by atoms with Crippen LogP contribution in [0.25, 0.3) is 0 Å². The first kappa shape index (κ1) is 7.53. The van der Waals surface area contributed by atoms with Crippen LogP contribution in [0.1, 0.15) is 13.3 Å². The molecule has 0 saturated carbocycles. The van der Waals surface area contributed by atoms with Gasteiger partial charge in [-0.2, -0.15) is 4.52 Å². The van der Waals surface area contributed by atoms with E-state index >= 15 is 0 Å². The van der Waals surface area contributed by atoms with Crippen LogP contribution in [0.3, 0.4) is 0 Å². The normalized spacial score (nSPS) is 10.5. The van der Waals surface area contributed by atoms with E-state index in [0.717, 1.165) is 0 Å². The van der Waals surface area contributed by atoms with E-state index in [2.05, 4.69) is 4.52 Å². The summed E-state index contributed by atoms with van der Waals surface area (Å²) in [5.41, 5.74) is 0. The first-order chi connectivity index (χ1) is 3.66. The monoisotopic (exact) mass is 137 g/mol. The molecule has 1 N–H and O–H groups in total. The van der Waals surface area contributed by atoms with E-state index in [1.54, 1.807) is 6.92 Å². The van der Waals surface area contributed by atoms with Crippen molar-refractivity contribution in [2.24, 2.45) is 0 Å². The fraction of sp³-hybridized carbons (Fsp3) is 0.667. The van der Waals surface area contributed by atoms with Crippen LogP contribution < -0.4 is 0 Å². The van der Waals surface area contributed by atoms with Crippen LogP contribution in [0, 0.1) is 0 Å². The average molecular weight is 137 g/mol. The molecular weight excluding hydrogens is 131 g/mol. The van der Waals surface area contributed by atoms with Gasteiger partial charge < -0.3 is 0 Å². The lowest BCUT2D eigenvalue weighted by atomic mass is 10.5. The summed E-state index contributed by atoms with van der Waals surface area (Å²) in [4.78, 5) is 18.0. The highest BCUT2D eigenvalue weighted by atomic mass is 31.1. The quantitative estimate of drug-likeness (QED) is 0.565. The van der Waals surface area contributed by atoms with E-state index in [1.165, 1.54) is 0 Å². The Kier molecular flexibility index (Phi) is 3.31. The predicted octanol–water partition coefficient (Wildman–Crippen LogP) is 0.589. The van der Waals surface area contributed by atoms with Gasteiger partial charge in [0.25, 0.3) is 0 Å². The van der Waals surface area contributed by atoms with Gasteiger partial charge in [0.2, 0.25) is 0 Å². The summed E-state index contributed by atoms with van der Waals surface area (Å²) < 4.78 is 13.5. The van der Waals surface area contributed by atoms with Crippen molar-refractivity contribution in [3.8, 4) is 0 Å². The van der Waals surface area contributed by atoms with Crippen molar-refractivity contribution >= 4 is 14.2 Å². The van der Waals surface area contributed by atoms with Crippen LogP contribution in [0.5, 0.6) is 0 Å². The van der Waals surface area contributed by atoms with Crippen LogP contribution >= 0.6 is 8.25 Å². The smallest absolute Gasteiger partial charge is 0.247 e. The van der Waals surface area contributed by atoms with Crippen LogP contribution in [0.15, 0.2) is 0 Å². The van der Waals surface area contributed by atoms with Crippen molar-refractivity contribution in [3.05, 3.63) is 0 Å². The molecule has 0 heterocycles. The number of carbonyl (C=O) groups is 1. The van der Waals surface area contributed by atoms with Gasteiger partial charge in [0, 0.05) is 11.0 Å². The van der Waals surface area contributed by atoms with E-state index in [0.29, 0.717) is 0 Å². The minimum Gasteiger partial charge on any atom is -0.247 e. The minimum atomic E-state index is -2.75. The summed E-state index contributed by atoms with van der Waals surface area (Å²) in [5, 5.41) is 0. The number of hydrogen-bond donors (Lipinski definition) is 1. The second-order valence-electron chi connectivity index (χ2n) is 1.05. The van der Waals surface area contributed by atoms with Crippen LogP contribution in [0.4, 0.5) is 0 Å². The molecule has 4 nitrogen and oxygen atoms in total. The Labute approximate surface area is 47.4 Å². The molecule has 0 fully saturated rings. The van der Waals surface area contributed by atoms with Gasteiger partial charge in [0.15, 0.2) is 0 Å². The molecule has 0 aromatic carbocycles. The number of rotatable bonds is 2. The lowest BCUT2D eigenvalue weighted by Crippen LogP contribution is -1.93. The van der Waals surface area contributed by atoms with Gasteiger partial charge in [0.1, 0.15) is 0 Å². The van der Waals surface area contributed by atoms with E-state index < -0.39 is 14.2 Å². The summed E-state index contributed by atoms with van der Waals surface area (Å²) in [5.74, 6) is -0.659. The van der Waals surface area contributed by atoms with E-state index in [-0.39, 0.29) is 6.42 Å². The molecule has 0 saturated heterocycles. The molecule has 8 heavy (non-hydrogen) atoms. The maximum absolute atomic E-state index is 10.1. The second-order valence-corrected chi connectivity index (χ2v) is 1.71. The van der Waals surface area contributed by atoms with Crippen molar-refractivity contribution in [1.29, 1.82) is 0 Å². The Hall–Kier alpha value is -0.470. The zero-order valence-corrected chi connectivity index (χ0v) is 5.22. The van der Waals surface area contributed by atoms with Crippen LogP contribution in [-0.4, -0.2) is 10.9 Å². The minimum absolute atomic E-state index is 0.127. The second kappa shape index (κ2) is 3.52. The van der Waals surface area contributed by atoms with Gasteiger partial charge in [0.05, 0.1) is 0 Å². The lowest BCUT2D eigenvalue weighted by Gasteiger charge is -1.78. The molecule has 0 bridgehead atoms. The molecule has 1 unspecified atom stereocenters. The summed E-state index contributed by atoms with van der Waals surface area (Å²) in [6.45, 7) is 1.54. The van der Waals surface area contributed by atoms with Gasteiger partial charge in [-0.05, 0) is 0 Å². The van der Waals surface area contributed by atoms with E-state index in [4.69, 9.17) is 4.89 Å². The van der Waals surface area contributed by atoms with Gasteiger partial charge in [-0.3, -0.25) is 0 Å². The molecule has 0 amide bonds. The molecule has 0 aromatic rings. The zero-order valence-electron chi connectivity index (χ0n) is 4.33. The van der Waals surface area contributed by atoms with Crippen molar-refractivity contribution in [2.45, 2.75) is 13.3 Å². The number of hydrogen-bond acceptors (Lipinski definition) is 3. The fourth-order valence-electron chi connectivity index (χ4n) is 0.152. The van der Waals surface area contributed by atoms with E-state index in [9.17, 15) is 9.36 Å². The highest BCUT2D eigenvalue weighted by Crippen LogP contribution is 2.14. The van der Waals surface area contributed by atoms with Crippen molar-refractivity contribution in [2.75, 3.05) is 0 Å². The maximum Gasteiger partial charge on any atom is 0.750 e. The molecule has 0 rings (SSSR count). The van der Waals surface area contributed by atoms with Crippen LogP contribution in [-0.2, 0) is 13.9 Å². The molecule has 0 radical (unpaired) electrons. The molecule has 1 atom stereocenters. The molecule has 0 spiro atoms. The third-order valence-electron chi connectivity index (χ3n) is 0.469. The molecule has 5 heteroatoms. The predicted molar refractivity (Wildman–Crippen MR) is 26.2 cm³/mol. The third kappa shape index (κ3) is 3.71. The molecule has 46 valence electrons. The Morgan fingerprint density at radius 1 is 1.88 bits per heavy atom.